The average molecular weight is 439 g/mol. The van der Waals surface area contributed by atoms with Crippen LogP contribution in [-0.2, 0) is 9.53 Å². The van der Waals surface area contributed by atoms with E-state index in [1.165, 1.54) is 103 Å². The van der Waals surface area contributed by atoms with Crippen molar-refractivity contribution in [1.29, 1.82) is 0 Å². The Balaban J connectivity index is 3.41. The highest BCUT2D eigenvalue weighted by molar-refractivity contribution is 5.75. The maximum atomic E-state index is 12.4. The van der Waals surface area contributed by atoms with Crippen LogP contribution in [0.1, 0.15) is 164 Å². The highest BCUT2D eigenvalue weighted by atomic mass is 16.5. The lowest BCUT2D eigenvalue weighted by molar-refractivity contribution is -0.156. The van der Waals surface area contributed by atoms with E-state index < -0.39 is 0 Å². The van der Waals surface area contributed by atoms with Gasteiger partial charge in [-0.2, -0.15) is 0 Å². The first kappa shape index (κ1) is 30.5. The van der Waals surface area contributed by atoms with Crippen molar-refractivity contribution in [1.82, 2.24) is 0 Å². The third-order valence-electron chi connectivity index (χ3n) is 6.91. The Kier molecular flexibility index (Phi) is 18.7. The number of esters is 1. The maximum Gasteiger partial charge on any atom is 0.311 e. The molecule has 0 amide bonds. The van der Waals surface area contributed by atoms with Crippen LogP contribution in [0.4, 0.5) is 0 Å². The summed E-state index contributed by atoms with van der Waals surface area (Å²) in [7, 11) is 0. The molecule has 0 atom stereocenters. The van der Waals surface area contributed by atoms with Crippen LogP contribution in [0.5, 0.6) is 0 Å². The second-order valence-corrected chi connectivity index (χ2v) is 11.4. The van der Waals surface area contributed by atoms with Crippen molar-refractivity contribution >= 4 is 5.97 Å². The van der Waals surface area contributed by atoms with Gasteiger partial charge in [0.2, 0.25) is 0 Å². The first-order valence-electron chi connectivity index (χ1n) is 13.9. The van der Waals surface area contributed by atoms with Gasteiger partial charge in [0.05, 0.1) is 12.0 Å². The summed E-state index contributed by atoms with van der Waals surface area (Å²) in [5, 5.41) is 0. The van der Waals surface area contributed by atoms with Gasteiger partial charge in [-0.25, -0.2) is 0 Å². The van der Waals surface area contributed by atoms with E-state index in [4.69, 9.17) is 4.74 Å². The number of carbonyl (C=O) groups excluding carboxylic acids is 1. The zero-order valence-electron chi connectivity index (χ0n) is 22.5. The summed E-state index contributed by atoms with van der Waals surface area (Å²) < 4.78 is 5.58. The predicted molar refractivity (Wildman–Crippen MR) is 138 cm³/mol. The summed E-state index contributed by atoms with van der Waals surface area (Å²) in [6.45, 7) is 13.6. The minimum atomic E-state index is -0.381. The van der Waals surface area contributed by atoms with Gasteiger partial charge >= 0.3 is 5.97 Å². The number of rotatable bonds is 22. The molecule has 0 bridgehead atoms. The first-order chi connectivity index (χ1) is 14.7. The van der Waals surface area contributed by atoms with Gasteiger partial charge in [0.1, 0.15) is 0 Å². The minimum absolute atomic E-state index is 0.0227. The van der Waals surface area contributed by atoms with Gasteiger partial charge in [-0.05, 0) is 32.1 Å². The Morgan fingerprint density at radius 3 is 1.29 bits per heavy atom. The lowest BCUT2D eigenvalue weighted by Gasteiger charge is -2.32. The predicted octanol–water partition coefficient (Wildman–Crippen LogP) is 10.0. The first-order valence-corrected chi connectivity index (χ1v) is 13.9. The van der Waals surface area contributed by atoms with E-state index in [-0.39, 0.29) is 16.8 Å². The molecule has 0 fully saturated rings. The Morgan fingerprint density at radius 2 is 0.935 bits per heavy atom. The zero-order chi connectivity index (χ0) is 23.4. The standard InChI is InChI=1S/C29H58O2/c1-7-9-10-11-12-13-14-15-16-17-18-19-20-21-22-23-24-25-31-27(30)29(5,6)26-28(3,4)8-2/h7-26H2,1-6H3. The number of carbonyl (C=O) groups is 1. The molecule has 0 N–H and O–H groups in total. The lowest BCUT2D eigenvalue weighted by Crippen LogP contribution is -2.32. The Bertz CT molecular complexity index is 411. The van der Waals surface area contributed by atoms with Crippen LogP contribution in [0.15, 0.2) is 0 Å². The summed E-state index contributed by atoms with van der Waals surface area (Å²) in [5.74, 6) is -0.0227. The normalized spacial score (nSPS) is 12.3. The van der Waals surface area contributed by atoms with Crippen LogP contribution < -0.4 is 0 Å². The van der Waals surface area contributed by atoms with Crippen LogP contribution in [-0.4, -0.2) is 12.6 Å². The van der Waals surface area contributed by atoms with E-state index >= 15 is 0 Å². The summed E-state index contributed by atoms with van der Waals surface area (Å²) in [6.07, 6.45) is 25.3. The van der Waals surface area contributed by atoms with Gasteiger partial charge < -0.3 is 4.74 Å². The van der Waals surface area contributed by atoms with E-state index in [0.29, 0.717) is 6.61 Å². The van der Waals surface area contributed by atoms with Crippen LogP contribution in [0.2, 0.25) is 0 Å². The van der Waals surface area contributed by atoms with Crippen LogP contribution in [0.3, 0.4) is 0 Å². The molecule has 0 unspecified atom stereocenters. The average Bonchev–Trinajstić information content (AvgIpc) is 2.72. The molecule has 0 aliphatic rings. The molecule has 0 radical (unpaired) electrons. The van der Waals surface area contributed by atoms with Crippen LogP contribution >= 0.6 is 0 Å². The fourth-order valence-corrected chi connectivity index (χ4v) is 4.58. The fourth-order valence-electron chi connectivity index (χ4n) is 4.58. The molecular weight excluding hydrogens is 380 g/mol. The molecule has 0 aromatic heterocycles. The van der Waals surface area contributed by atoms with Crippen molar-refractivity contribution in [3.05, 3.63) is 0 Å². The molecular formula is C29H58O2. The molecule has 0 aliphatic carbocycles. The Morgan fingerprint density at radius 1 is 0.581 bits per heavy atom. The van der Waals surface area contributed by atoms with Crippen LogP contribution in [0, 0.1) is 10.8 Å². The summed E-state index contributed by atoms with van der Waals surface area (Å²) in [6, 6.07) is 0. The van der Waals surface area contributed by atoms with Crippen molar-refractivity contribution in [3.63, 3.8) is 0 Å². The molecule has 0 aromatic rings. The van der Waals surface area contributed by atoms with Crippen molar-refractivity contribution < 1.29 is 9.53 Å². The molecule has 2 nitrogen and oxygen atoms in total. The number of hydrogen-bond donors (Lipinski definition) is 0. The smallest absolute Gasteiger partial charge is 0.311 e. The summed E-state index contributed by atoms with van der Waals surface area (Å²) in [5.41, 5.74) is -0.190. The van der Waals surface area contributed by atoms with E-state index in [1.807, 2.05) is 13.8 Å². The molecule has 0 rings (SSSR count). The molecule has 0 aromatic carbocycles. The molecule has 186 valence electrons. The minimum Gasteiger partial charge on any atom is -0.465 e. The molecule has 0 saturated heterocycles. The van der Waals surface area contributed by atoms with E-state index in [0.717, 1.165) is 19.3 Å². The Hall–Kier alpha value is -0.530. The molecule has 0 spiro atoms. The summed E-state index contributed by atoms with van der Waals surface area (Å²) >= 11 is 0. The molecule has 2 heteroatoms. The third-order valence-corrected chi connectivity index (χ3v) is 6.91. The second kappa shape index (κ2) is 19.0. The topological polar surface area (TPSA) is 26.3 Å². The van der Waals surface area contributed by atoms with Crippen molar-refractivity contribution in [2.24, 2.45) is 10.8 Å². The van der Waals surface area contributed by atoms with Gasteiger partial charge in [-0.3, -0.25) is 4.79 Å². The molecule has 31 heavy (non-hydrogen) atoms. The fraction of sp³-hybridized carbons (Fsp3) is 0.966. The van der Waals surface area contributed by atoms with Gasteiger partial charge in [0, 0.05) is 0 Å². The van der Waals surface area contributed by atoms with Crippen molar-refractivity contribution in [2.75, 3.05) is 6.61 Å². The quantitative estimate of drug-likeness (QED) is 0.124. The van der Waals surface area contributed by atoms with Gasteiger partial charge in [-0.15, -0.1) is 0 Å². The molecule has 0 saturated carbocycles. The SMILES string of the molecule is CCCCCCCCCCCCCCCCCCCOC(=O)C(C)(C)CC(C)(C)CC. The van der Waals surface area contributed by atoms with E-state index in [9.17, 15) is 4.79 Å². The van der Waals surface area contributed by atoms with Gasteiger partial charge in [0.15, 0.2) is 0 Å². The molecule has 0 heterocycles. The monoisotopic (exact) mass is 438 g/mol. The Labute approximate surface area is 196 Å². The van der Waals surface area contributed by atoms with E-state index in [2.05, 4.69) is 27.7 Å². The summed E-state index contributed by atoms with van der Waals surface area (Å²) in [4.78, 5) is 12.4. The second-order valence-electron chi connectivity index (χ2n) is 11.4. The van der Waals surface area contributed by atoms with Gasteiger partial charge in [0.25, 0.3) is 0 Å². The number of unbranched alkanes of at least 4 members (excludes halogenated alkanes) is 16. The number of hydrogen-bond acceptors (Lipinski definition) is 2. The number of ether oxygens (including phenoxy) is 1. The highest BCUT2D eigenvalue weighted by Gasteiger charge is 2.35. The highest BCUT2D eigenvalue weighted by Crippen LogP contribution is 2.36. The molecule has 0 aliphatic heterocycles. The maximum absolute atomic E-state index is 12.4. The van der Waals surface area contributed by atoms with Gasteiger partial charge in [-0.1, -0.05) is 137 Å². The van der Waals surface area contributed by atoms with Crippen molar-refractivity contribution in [2.45, 2.75) is 164 Å². The largest absolute Gasteiger partial charge is 0.465 e. The lowest BCUT2D eigenvalue weighted by atomic mass is 9.74. The zero-order valence-corrected chi connectivity index (χ0v) is 22.5. The third kappa shape index (κ3) is 18.7. The van der Waals surface area contributed by atoms with E-state index in [1.54, 1.807) is 0 Å². The van der Waals surface area contributed by atoms with Crippen LogP contribution in [0.25, 0.3) is 0 Å². The van der Waals surface area contributed by atoms with Crippen molar-refractivity contribution in [3.8, 4) is 0 Å².